The first-order valence-electron chi connectivity index (χ1n) is 6.64. The van der Waals surface area contributed by atoms with Crippen LogP contribution in [0.15, 0.2) is 41.0 Å². The summed E-state index contributed by atoms with van der Waals surface area (Å²) in [6, 6.07) is 9.18. The molecule has 0 radical (unpaired) electrons. The first-order valence-corrected chi connectivity index (χ1v) is 6.64. The predicted molar refractivity (Wildman–Crippen MR) is 76.5 cm³/mol. The molecule has 0 aliphatic rings. The molecule has 1 aromatic heterocycles. The molecule has 1 amide bonds. The Balaban J connectivity index is 1.86. The van der Waals surface area contributed by atoms with Crippen molar-refractivity contribution in [2.24, 2.45) is 0 Å². The molecule has 1 unspecified atom stereocenters. The Kier molecular flexibility index (Phi) is 4.58. The van der Waals surface area contributed by atoms with Gasteiger partial charge in [0.1, 0.15) is 11.9 Å². The number of aliphatic hydroxyl groups is 1. The first kappa shape index (κ1) is 14.3. The van der Waals surface area contributed by atoms with Gasteiger partial charge in [0, 0.05) is 12.1 Å². The summed E-state index contributed by atoms with van der Waals surface area (Å²) in [7, 11) is 0. The number of hydrogen-bond donors (Lipinski definition) is 2. The number of hydrogen-bond acceptors (Lipinski definition) is 3. The Labute approximate surface area is 118 Å². The second-order valence-electron chi connectivity index (χ2n) is 4.95. The fourth-order valence-electron chi connectivity index (χ4n) is 2.15. The maximum atomic E-state index is 12.0. The lowest BCUT2D eigenvalue weighted by Crippen LogP contribution is -2.25. The minimum absolute atomic E-state index is 0.122. The second kappa shape index (κ2) is 6.39. The van der Waals surface area contributed by atoms with Gasteiger partial charge in [0.2, 0.25) is 0 Å². The Morgan fingerprint density at radius 1 is 1.30 bits per heavy atom. The van der Waals surface area contributed by atoms with E-state index in [0.717, 1.165) is 11.1 Å². The maximum absolute atomic E-state index is 12.0. The molecule has 2 aromatic rings. The van der Waals surface area contributed by atoms with Gasteiger partial charge in [-0.2, -0.15) is 0 Å². The quantitative estimate of drug-likeness (QED) is 0.880. The monoisotopic (exact) mass is 273 g/mol. The molecule has 0 fully saturated rings. The molecule has 2 rings (SSSR count). The van der Waals surface area contributed by atoms with Crippen LogP contribution in [-0.4, -0.2) is 17.6 Å². The Morgan fingerprint density at radius 3 is 2.60 bits per heavy atom. The number of benzene rings is 1. The summed E-state index contributed by atoms with van der Waals surface area (Å²) in [5, 5.41) is 12.6. The molecular formula is C16H19NO3. The highest BCUT2D eigenvalue weighted by Crippen LogP contribution is 2.16. The largest absolute Gasteiger partial charge is 0.467 e. The van der Waals surface area contributed by atoms with Crippen LogP contribution in [0.25, 0.3) is 0 Å². The molecule has 1 aromatic carbocycles. The van der Waals surface area contributed by atoms with E-state index in [1.807, 2.05) is 32.0 Å². The highest BCUT2D eigenvalue weighted by atomic mass is 16.4. The van der Waals surface area contributed by atoms with Gasteiger partial charge >= 0.3 is 0 Å². The van der Waals surface area contributed by atoms with Gasteiger partial charge in [-0.25, -0.2) is 0 Å². The van der Waals surface area contributed by atoms with E-state index >= 15 is 0 Å². The van der Waals surface area contributed by atoms with Crippen molar-refractivity contribution in [1.82, 2.24) is 5.32 Å². The van der Waals surface area contributed by atoms with Crippen LogP contribution in [0.1, 0.15) is 39.8 Å². The van der Waals surface area contributed by atoms with Crippen LogP contribution in [0.5, 0.6) is 0 Å². The standard InChI is InChI=1S/C16H19NO3/c1-11-8-12(2)10-13(9-11)16(19)17-6-5-14(18)15-4-3-7-20-15/h3-4,7-10,14,18H,5-6H2,1-2H3,(H,17,19). The van der Waals surface area contributed by atoms with E-state index in [-0.39, 0.29) is 5.91 Å². The summed E-state index contributed by atoms with van der Waals surface area (Å²) in [5.41, 5.74) is 2.77. The fraction of sp³-hybridized carbons (Fsp3) is 0.312. The number of aryl methyl sites for hydroxylation is 2. The van der Waals surface area contributed by atoms with Gasteiger partial charge in [0.15, 0.2) is 0 Å². The minimum atomic E-state index is -0.690. The third-order valence-electron chi connectivity index (χ3n) is 3.06. The summed E-state index contributed by atoms with van der Waals surface area (Å²) >= 11 is 0. The zero-order valence-corrected chi connectivity index (χ0v) is 11.7. The lowest BCUT2D eigenvalue weighted by molar-refractivity contribution is 0.0936. The molecule has 20 heavy (non-hydrogen) atoms. The highest BCUT2D eigenvalue weighted by Gasteiger charge is 2.11. The van der Waals surface area contributed by atoms with E-state index in [9.17, 15) is 9.90 Å². The van der Waals surface area contributed by atoms with Gasteiger partial charge in [-0.05, 0) is 44.5 Å². The van der Waals surface area contributed by atoms with Crippen LogP contribution in [0.2, 0.25) is 0 Å². The summed E-state index contributed by atoms with van der Waals surface area (Å²) < 4.78 is 5.11. The van der Waals surface area contributed by atoms with E-state index in [1.54, 1.807) is 12.1 Å². The van der Waals surface area contributed by atoms with Crippen LogP contribution >= 0.6 is 0 Å². The number of nitrogens with one attached hydrogen (secondary N) is 1. The molecule has 0 bridgehead atoms. The predicted octanol–water partition coefficient (Wildman–Crippen LogP) is 2.75. The second-order valence-corrected chi connectivity index (χ2v) is 4.95. The molecule has 4 heteroatoms. The van der Waals surface area contributed by atoms with Crippen LogP contribution in [0, 0.1) is 13.8 Å². The Bertz CT molecular complexity index is 555. The van der Waals surface area contributed by atoms with Gasteiger partial charge in [-0.15, -0.1) is 0 Å². The third kappa shape index (κ3) is 3.71. The average molecular weight is 273 g/mol. The van der Waals surface area contributed by atoms with Crippen molar-refractivity contribution in [3.8, 4) is 0 Å². The van der Waals surface area contributed by atoms with E-state index in [0.29, 0.717) is 24.3 Å². The minimum Gasteiger partial charge on any atom is -0.467 e. The third-order valence-corrected chi connectivity index (χ3v) is 3.06. The average Bonchev–Trinajstić information content (AvgIpc) is 2.91. The number of carbonyl (C=O) groups excluding carboxylic acids is 1. The number of furan rings is 1. The van der Waals surface area contributed by atoms with Crippen molar-refractivity contribution in [2.45, 2.75) is 26.4 Å². The topological polar surface area (TPSA) is 62.5 Å². The SMILES string of the molecule is Cc1cc(C)cc(C(=O)NCCC(O)c2ccco2)c1. The van der Waals surface area contributed by atoms with Crippen molar-refractivity contribution in [1.29, 1.82) is 0 Å². The van der Waals surface area contributed by atoms with E-state index in [4.69, 9.17) is 4.42 Å². The Morgan fingerprint density at radius 2 is 2.00 bits per heavy atom. The molecular weight excluding hydrogens is 254 g/mol. The smallest absolute Gasteiger partial charge is 0.251 e. The van der Waals surface area contributed by atoms with Crippen LogP contribution < -0.4 is 5.32 Å². The summed E-state index contributed by atoms with van der Waals surface area (Å²) in [6.45, 7) is 4.32. The lowest BCUT2D eigenvalue weighted by Gasteiger charge is -2.10. The van der Waals surface area contributed by atoms with Crippen molar-refractivity contribution in [2.75, 3.05) is 6.54 Å². The van der Waals surface area contributed by atoms with Gasteiger partial charge in [-0.1, -0.05) is 17.2 Å². The molecule has 0 aliphatic heterocycles. The van der Waals surface area contributed by atoms with Crippen molar-refractivity contribution >= 4 is 5.91 Å². The summed E-state index contributed by atoms with van der Waals surface area (Å²) in [6.07, 6.45) is 1.25. The number of amides is 1. The van der Waals surface area contributed by atoms with Crippen molar-refractivity contribution < 1.29 is 14.3 Å². The molecule has 1 atom stereocenters. The van der Waals surface area contributed by atoms with E-state index < -0.39 is 6.10 Å². The number of aliphatic hydroxyl groups excluding tert-OH is 1. The Hall–Kier alpha value is -2.07. The van der Waals surface area contributed by atoms with Crippen molar-refractivity contribution in [3.63, 3.8) is 0 Å². The molecule has 2 N–H and O–H groups in total. The number of rotatable bonds is 5. The normalized spacial score (nSPS) is 12.2. The highest BCUT2D eigenvalue weighted by molar-refractivity contribution is 5.94. The summed E-state index contributed by atoms with van der Waals surface area (Å²) in [5.74, 6) is 0.397. The fourth-order valence-corrected chi connectivity index (χ4v) is 2.15. The van der Waals surface area contributed by atoms with Crippen molar-refractivity contribution in [3.05, 3.63) is 59.0 Å². The van der Waals surface area contributed by atoms with E-state index in [2.05, 4.69) is 5.32 Å². The van der Waals surface area contributed by atoms with Crippen LogP contribution in [0.4, 0.5) is 0 Å². The molecule has 0 saturated heterocycles. The summed E-state index contributed by atoms with van der Waals surface area (Å²) in [4.78, 5) is 12.0. The van der Waals surface area contributed by atoms with Gasteiger partial charge < -0.3 is 14.8 Å². The molecule has 0 spiro atoms. The molecule has 106 valence electrons. The van der Waals surface area contributed by atoms with Crippen LogP contribution in [-0.2, 0) is 0 Å². The van der Waals surface area contributed by atoms with Crippen LogP contribution in [0.3, 0.4) is 0 Å². The zero-order chi connectivity index (χ0) is 14.5. The first-order chi connectivity index (χ1) is 9.56. The zero-order valence-electron chi connectivity index (χ0n) is 11.7. The molecule has 0 saturated carbocycles. The lowest BCUT2D eigenvalue weighted by atomic mass is 10.1. The van der Waals surface area contributed by atoms with E-state index in [1.165, 1.54) is 6.26 Å². The number of carbonyl (C=O) groups is 1. The van der Waals surface area contributed by atoms with Gasteiger partial charge in [0.25, 0.3) is 5.91 Å². The van der Waals surface area contributed by atoms with Gasteiger partial charge in [0.05, 0.1) is 6.26 Å². The molecule has 0 aliphatic carbocycles. The van der Waals surface area contributed by atoms with Gasteiger partial charge in [-0.3, -0.25) is 4.79 Å². The molecule has 4 nitrogen and oxygen atoms in total. The molecule has 1 heterocycles. The maximum Gasteiger partial charge on any atom is 0.251 e.